The van der Waals surface area contributed by atoms with Gasteiger partial charge in [-0.1, -0.05) is 31.2 Å². The van der Waals surface area contributed by atoms with Gasteiger partial charge in [0.05, 0.1) is 22.8 Å². The summed E-state index contributed by atoms with van der Waals surface area (Å²) in [5.74, 6) is 0.266. The molecule has 4 aromatic rings. The summed E-state index contributed by atoms with van der Waals surface area (Å²) in [6.07, 6.45) is 8.10. The van der Waals surface area contributed by atoms with Crippen LogP contribution in [0.3, 0.4) is 0 Å². The van der Waals surface area contributed by atoms with Crippen LogP contribution in [0.15, 0.2) is 85.5 Å². The van der Waals surface area contributed by atoms with Crippen LogP contribution in [0.25, 0.3) is 22.8 Å². The Bertz CT molecular complexity index is 1020. The maximum absolute atomic E-state index is 4.60. The minimum Gasteiger partial charge on any atom is -0.255 e. The van der Waals surface area contributed by atoms with Crippen molar-refractivity contribution in [1.29, 1.82) is 0 Å². The van der Waals surface area contributed by atoms with Crippen molar-refractivity contribution in [2.24, 2.45) is 0 Å². The smallest absolute Gasteiger partial charge is 0.0920 e. The monoisotopic (exact) mass is 352 g/mol. The lowest BCUT2D eigenvalue weighted by Crippen LogP contribution is -2.05. The maximum Gasteiger partial charge on any atom is 0.0920 e. The topological polar surface area (TPSA) is 51.6 Å². The Labute approximate surface area is 159 Å². The van der Waals surface area contributed by atoms with Crippen molar-refractivity contribution in [3.8, 4) is 22.8 Å². The quantitative estimate of drug-likeness (QED) is 0.510. The molecule has 1 unspecified atom stereocenters. The number of nitrogens with zero attached hydrogens (tertiary/aromatic N) is 4. The Morgan fingerprint density at radius 3 is 1.89 bits per heavy atom. The van der Waals surface area contributed by atoms with Crippen molar-refractivity contribution >= 4 is 0 Å². The predicted octanol–water partition coefficient (Wildman–Crippen LogP) is 4.95. The molecule has 1 atom stereocenters. The number of aromatic nitrogens is 4. The highest BCUT2D eigenvalue weighted by Gasteiger charge is 2.17. The Kier molecular flexibility index (Phi) is 4.97. The van der Waals surface area contributed by atoms with E-state index in [4.69, 9.17) is 0 Å². The summed E-state index contributed by atoms with van der Waals surface area (Å²) in [5, 5.41) is 0. The van der Waals surface area contributed by atoms with Gasteiger partial charge in [0.15, 0.2) is 0 Å². The number of pyridine rings is 4. The van der Waals surface area contributed by atoms with Gasteiger partial charge in [0.2, 0.25) is 0 Å². The summed E-state index contributed by atoms with van der Waals surface area (Å²) in [5.41, 5.74) is 6.04. The molecule has 0 N–H and O–H groups in total. The molecule has 4 heteroatoms. The van der Waals surface area contributed by atoms with Crippen LogP contribution < -0.4 is 0 Å². The highest BCUT2D eigenvalue weighted by Crippen LogP contribution is 2.30. The lowest BCUT2D eigenvalue weighted by molar-refractivity contribution is 0.754. The van der Waals surface area contributed by atoms with E-state index in [1.807, 2.05) is 60.9 Å². The van der Waals surface area contributed by atoms with E-state index < -0.39 is 0 Å². The third-order valence-electron chi connectivity index (χ3n) is 4.60. The molecule has 0 aliphatic carbocycles. The van der Waals surface area contributed by atoms with Gasteiger partial charge >= 0.3 is 0 Å². The predicted molar refractivity (Wildman–Crippen MR) is 107 cm³/mol. The second kappa shape index (κ2) is 7.87. The lowest BCUT2D eigenvalue weighted by atomic mass is 9.90. The minimum absolute atomic E-state index is 0.266. The van der Waals surface area contributed by atoms with E-state index in [-0.39, 0.29) is 5.92 Å². The first-order valence-electron chi connectivity index (χ1n) is 9.04. The zero-order valence-corrected chi connectivity index (χ0v) is 15.2. The van der Waals surface area contributed by atoms with Gasteiger partial charge in [-0.25, -0.2) is 0 Å². The molecular formula is C23H20N4. The zero-order chi connectivity index (χ0) is 18.5. The summed E-state index contributed by atoms with van der Waals surface area (Å²) in [4.78, 5) is 18.1. The van der Waals surface area contributed by atoms with Gasteiger partial charge in [-0.3, -0.25) is 19.9 Å². The fraction of sp³-hybridized carbons (Fsp3) is 0.130. The summed E-state index contributed by atoms with van der Waals surface area (Å²) >= 11 is 0. The maximum atomic E-state index is 4.60. The van der Waals surface area contributed by atoms with Crippen molar-refractivity contribution in [2.75, 3.05) is 0 Å². The molecular weight excluding hydrogens is 332 g/mol. The molecule has 0 amide bonds. The molecule has 0 bridgehead atoms. The molecule has 0 saturated heterocycles. The van der Waals surface area contributed by atoms with Gasteiger partial charge in [0.1, 0.15) is 0 Å². The van der Waals surface area contributed by atoms with E-state index in [0.717, 1.165) is 29.2 Å². The fourth-order valence-electron chi connectivity index (χ4n) is 3.31. The molecule has 4 nitrogen and oxygen atoms in total. The van der Waals surface area contributed by atoms with Crippen LogP contribution >= 0.6 is 0 Å². The van der Waals surface area contributed by atoms with Crippen LogP contribution in [0.5, 0.6) is 0 Å². The summed E-state index contributed by atoms with van der Waals surface area (Å²) in [6, 6.07) is 20.1. The van der Waals surface area contributed by atoms with Crippen LogP contribution in [0.4, 0.5) is 0 Å². The van der Waals surface area contributed by atoms with Crippen LogP contribution in [-0.2, 0) is 6.42 Å². The highest BCUT2D eigenvalue weighted by atomic mass is 14.8. The van der Waals surface area contributed by atoms with Crippen LogP contribution in [0.2, 0.25) is 0 Å². The first-order valence-corrected chi connectivity index (χ1v) is 9.04. The molecule has 27 heavy (non-hydrogen) atoms. The molecule has 0 saturated carbocycles. The molecule has 4 heterocycles. The third-order valence-corrected chi connectivity index (χ3v) is 4.60. The van der Waals surface area contributed by atoms with Crippen LogP contribution in [-0.4, -0.2) is 19.9 Å². The van der Waals surface area contributed by atoms with Gasteiger partial charge in [0, 0.05) is 24.8 Å². The van der Waals surface area contributed by atoms with E-state index >= 15 is 0 Å². The van der Waals surface area contributed by atoms with Gasteiger partial charge in [-0.15, -0.1) is 0 Å². The summed E-state index contributed by atoms with van der Waals surface area (Å²) < 4.78 is 0. The van der Waals surface area contributed by atoms with Gasteiger partial charge < -0.3 is 0 Å². The fourth-order valence-corrected chi connectivity index (χ4v) is 3.31. The Balaban J connectivity index is 1.68. The Hall–Kier alpha value is -3.40. The second-order valence-electron chi connectivity index (χ2n) is 6.49. The van der Waals surface area contributed by atoms with E-state index in [1.165, 1.54) is 11.1 Å². The normalized spacial score (nSPS) is 11.9. The molecule has 0 aromatic carbocycles. The van der Waals surface area contributed by atoms with E-state index in [1.54, 1.807) is 12.4 Å². The SMILES string of the molecule is CC(Cc1cccnc1-c1ccccn1)c1cccnc1-c1ccccn1. The van der Waals surface area contributed by atoms with Crippen molar-refractivity contribution in [1.82, 2.24) is 19.9 Å². The van der Waals surface area contributed by atoms with E-state index in [9.17, 15) is 0 Å². The standard InChI is InChI=1S/C23H20N4/c1-17(19-9-7-15-27-23(19)21-11-3-5-13-25-21)16-18-8-6-14-26-22(18)20-10-2-4-12-24-20/h2-15,17H,16H2,1H3. The second-order valence-corrected chi connectivity index (χ2v) is 6.49. The van der Waals surface area contributed by atoms with Crippen molar-refractivity contribution < 1.29 is 0 Å². The molecule has 0 fully saturated rings. The first kappa shape index (κ1) is 17.0. The summed E-state index contributed by atoms with van der Waals surface area (Å²) in [6.45, 7) is 2.22. The van der Waals surface area contributed by atoms with Crippen molar-refractivity contribution in [3.05, 3.63) is 96.6 Å². The van der Waals surface area contributed by atoms with Crippen LogP contribution in [0.1, 0.15) is 24.0 Å². The summed E-state index contributed by atoms with van der Waals surface area (Å²) in [7, 11) is 0. The average molecular weight is 352 g/mol. The number of hydrogen-bond donors (Lipinski definition) is 0. The average Bonchev–Trinajstić information content (AvgIpc) is 2.75. The number of hydrogen-bond acceptors (Lipinski definition) is 4. The van der Waals surface area contributed by atoms with Crippen LogP contribution in [0, 0.1) is 0 Å². The largest absolute Gasteiger partial charge is 0.255 e. The molecule has 0 aliphatic rings. The minimum atomic E-state index is 0.266. The van der Waals surface area contributed by atoms with Gasteiger partial charge in [-0.2, -0.15) is 0 Å². The Morgan fingerprint density at radius 1 is 0.630 bits per heavy atom. The molecule has 4 rings (SSSR count). The third kappa shape index (κ3) is 3.75. The van der Waals surface area contributed by atoms with Gasteiger partial charge in [0.25, 0.3) is 0 Å². The van der Waals surface area contributed by atoms with Gasteiger partial charge in [-0.05, 0) is 59.9 Å². The number of rotatable bonds is 5. The molecule has 4 aromatic heterocycles. The molecule has 0 radical (unpaired) electrons. The highest BCUT2D eigenvalue weighted by molar-refractivity contribution is 5.61. The lowest BCUT2D eigenvalue weighted by Gasteiger charge is -2.17. The first-order chi connectivity index (χ1) is 13.3. The van der Waals surface area contributed by atoms with E-state index in [2.05, 4.69) is 39.0 Å². The Morgan fingerprint density at radius 2 is 1.22 bits per heavy atom. The van der Waals surface area contributed by atoms with E-state index in [0.29, 0.717) is 0 Å². The molecule has 132 valence electrons. The zero-order valence-electron chi connectivity index (χ0n) is 15.2. The molecule has 0 spiro atoms. The molecule has 0 aliphatic heterocycles. The van der Waals surface area contributed by atoms with Crippen molar-refractivity contribution in [2.45, 2.75) is 19.3 Å². The van der Waals surface area contributed by atoms with Crippen molar-refractivity contribution in [3.63, 3.8) is 0 Å².